The van der Waals surface area contributed by atoms with Gasteiger partial charge in [0, 0.05) is 12.0 Å². The second-order valence-electron chi connectivity index (χ2n) is 1.97. The molecule has 0 aliphatic carbocycles. The van der Waals surface area contributed by atoms with Crippen LogP contribution in [0.3, 0.4) is 0 Å². The molecule has 0 aliphatic rings. The Balaban J connectivity index is 2.77. The number of allylic oxidation sites excluding steroid dienone is 1. The third kappa shape index (κ3) is 2.06. The maximum atomic E-state index is 10.2. The number of nitro groups is 1. The Hall–Kier alpha value is -1.36. The first-order valence-electron chi connectivity index (χ1n) is 3.16. The number of H-pyrrole nitrogens is 1. The molecule has 0 bridgehead atoms. The lowest BCUT2D eigenvalue weighted by Gasteiger charge is -1.84. The van der Waals surface area contributed by atoms with Crippen LogP contribution < -0.4 is 0 Å². The SMILES string of the molecule is O=[N+]([O-])c1cnc(C=CCCl)[nH]1. The Kier molecular flexibility index (Phi) is 2.82. The Morgan fingerprint density at radius 1 is 1.83 bits per heavy atom. The van der Waals surface area contributed by atoms with E-state index in [9.17, 15) is 10.1 Å². The van der Waals surface area contributed by atoms with Crippen LogP contribution in [-0.2, 0) is 0 Å². The molecule has 0 amide bonds. The van der Waals surface area contributed by atoms with E-state index in [0.29, 0.717) is 11.7 Å². The number of nitrogens with one attached hydrogen (secondary N) is 1. The first-order chi connectivity index (χ1) is 5.74. The molecule has 0 aliphatic heterocycles. The summed E-state index contributed by atoms with van der Waals surface area (Å²) >= 11 is 5.36. The van der Waals surface area contributed by atoms with Crippen LogP contribution in [0.25, 0.3) is 6.08 Å². The average molecular weight is 188 g/mol. The van der Waals surface area contributed by atoms with E-state index in [1.165, 1.54) is 0 Å². The highest BCUT2D eigenvalue weighted by Crippen LogP contribution is 2.06. The van der Waals surface area contributed by atoms with E-state index >= 15 is 0 Å². The van der Waals surface area contributed by atoms with Gasteiger partial charge in [0.25, 0.3) is 0 Å². The average Bonchev–Trinajstić information content (AvgIpc) is 2.48. The summed E-state index contributed by atoms with van der Waals surface area (Å²) in [6.07, 6.45) is 4.39. The molecule has 5 nitrogen and oxygen atoms in total. The van der Waals surface area contributed by atoms with E-state index in [1.54, 1.807) is 12.2 Å². The molecule has 1 heterocycles. The number of rotatable bonds is 3. The summed E-state index contributed by atoms with van der Waals surface area (Å²) in [6.45, 7) is 0. The molecule has 0 saturated heterocycles. The van der Waals surface area contributed by atoms with Crippen LogP contribution in [0.2, 0.25) is 0 Å². The standard InChI is InChI=1S/C6H6ClN3O2/c7-3-1-2-5-8-4-6(9-5)10(11)12/h1-2,4H,3H2,(H,8,9). The molecule has 0 saturated carbocycles. The lowest BCUT2D eigenvalue weighted by molar-refractivity contribution is -0.389. The topological polar surface area (TPSA) is 71.8 Å². The fraction of sp³-hybridized carbons (Fsp3) is 0.167. The van der Waals surface area contributed by atoms with Crippen molar-refractivity contribution in [2.24, 2.45) is 0 Å². The van der Waals surface area contributed by atoms with Crippen LogP contribution in [0.5, 0.6) is 0 Å². The summed E-state index contributed by atoms with van der Waals surface area (Å²) in [5.74, 6) is 0.667. The van der Waals surface area contributed by atoms with Crippen LogP contribution in [0.15, 0.2) is 12.3 Å². The highest BCUT2D eigenvalue weighted by Gasteiger charge is 2.06. The van der Waals surface area contributed by atoms with E-state index < -0.39 is 4.92 Å². The summed E-state index contributed by atoms with van der Waals surface area (Å²) in [5, 5.41) is 10.2. The fourth-order valence-corrected chi connectivity index (χ4v) is 0.749. The molecule has 1 aromatic heterocycles. The van der Waals surface area contributed by atoms with Gasteiger partial charge >= 0.3 is 5.82 Å². The first-order valence-corrected chi connectivity index (χ1v) is 3.69. The normalized spacial score (nSPS) is 10.8. The molecule has 64 valence electrons. The molecule has 0 fully saturated rings. The van der Waals surface area contributed by atoms with Crippen molar-refractivity contribution >= 4 is 23.5 Å². The van der Waals surface area contributed by atoms with E-state index in [-0.39, 0.29) is 5.82 Å². The summed E-state index contributed by atoms with van der Waals surface area (Å²) < 4.78 is 0. The largest absolute Gasteiger partial charge is 0.358 e. The number of aromatic nitrogens is 2. The van der Waals surface area contributed by atoms with Gasteiger partial charge in [0.1, 0.15) is 6.20 Å². The van der Waals surface area contributed by atoms with Gasteiger partial charge in [-0.15, -0.1) is 11.6 Å². The summed E-state index contributed by atoms with van der Waals surface area (Å²) in [6, 6.07) is 0. The monoisotopic (exact) mass is 187 g/mol. The van der Waals surface area contributed by atoms with Crippen molar-refractivity contribution in [1.29, 1.82) is 0 Å². The van der Waals surface area contributed by atoms with Gasteiger partial charge < -0.3 is 10.1 Å². The van der Waals surface area contributed by atoms with Crippen molar-refractivity contribution in [2.45, 2.75) is 0 Å². The third-order valence-corrected chi connectivity index (χ3v) is 1.32. The van der Waals surface area contributed by atoms with Gasteiger partial charge in [-0.1, -0.05) is 6.08 Å². The number of nitrogens with zero attached hydrogens (tertiary/aromatic N) is 2. The summed E-state index contributed by atoms with van der Waals surface area (Å²) in [4.78, 5) is 15.9. The summed E-state index contributed by atoms with van der Waals surface area (Å²) in [5.41, 5.74) is 0. The van der Waals surface area contributed by atoms with Gasteiger partial charge in [0.15, 0.2) is 0 Å². The Labute approximate surface area is 73.2 Å². The van der Waals surface area contributed by atoms with Gasteiger partial charge in [-0.25, -0.2) is 9.97 Å². The minimum Gasteiger partial charge on any atom is -0.358 e. The molecular formula is C6H6ClN3O2. The highest BCUT2D eigenvalue weighted by atomic mass is 35.5. The van der Waals surface area contributed by atoms with Crippen LogP contribution in [-0.4, -0.2) is 20.8 Å². The molecule has 1 aromatic rings. The van der Waals surface area contributed by atoms with E-state index in [4.69, 9.17) is 11.6 Å². The predicted molar refractivity (Wildman–Crippen MR) is 45.0 cm³/mol. The zero-order valence-corrected chi connectivity index (χ0v) is 6.78. The zero-order chi connectivity index (χ0) is 8.97. The van der Waals surface area contributed by atoms with Gasteiger partial charge in [-0.05, 0) is 4.92 Å². The fourth-order valence-electron chi connectivity index (χ4n) is 0.660. The molecule has 12 heavy (non-hydrogen) atoms. The van der Waals surface area contributed by atoms with Gasteiger partial charge in [0.05, 0.1) is 0 Å². The molecule has 0 aromatic carbocycles. The van der Waals surface area contributed by atoms with Crippen molar-refractivity contribution in [1.82, 2.24) is 9.97 Å². The van der Waals surface area contributed by atoms with Crippen LogP contribution in [0.1, 0.15) is 5.82 Å². The maximum Gasteiger partial charge on any atom is 0.340 e. The summed E-state index contributed by atoms with van der Waals surface area (Å²) in [7, 11) is 0. The first kappa shape index (κ1) is 8.73. The molecule has 0 atom stereocenters. The number of halogens is 1. The van der Waals surface area contributed by atoms with Gasteiger partial charge in [-0.2, -0.15) is 0 Å². The molecule has 0 spiro atoms. The number of hydrogen-bond donors (Lipinski definition) is 1. The third-order valence-electron chi connectivity index (χ3n) is 1.14. The van der Waals surface area contributed by atoms with Crippen molar-refractivity contribution < 1.29 is 4.92 Å². The number of imidazole rings is 1. The van der Waals surface area contributed by atoms with Crippen LogP contribution in [0, 0.1) is 10.1 Å². The minimum absolute atomic E-state index is 0.121. The smallest absolute Gasteiger partial charge is 0.340 e. The number of hydrogen-bond acceptors (Lipinski definition) is 3. The quantitative estimate of drug-likeness (QED) is 0.444. The van der Waals surface area contributed by atoms with Gasteiger partial charge in [-0.3, -0.25) is 0 Å². The molecule has 1 rings (SSSR count). The molecule has 1 N–H and O–H groups in total. The lowest BCUT2D eigenvalue weighted by Crippen LogP contribution is -1.86. The Morgan fingerprint density at radius 3 is 3.08 bits per heavy atom. The van der Waals surface area contributed by atoms with Crippen molar-refractivity contribution in [3.05, 3.63) is 28.2 Å². The van der Waals surface area contributed by atoms with Crippen molar-refractivity contribution in [2.75, 3.05) is 5.88 Å². The maximum absolute atomic E-state index is 10.2. The zero-order valence-electron chi connectivity index (χ0n) is 6.03. The Morgan fingerprint density at radius 2 is 2.58 bits per heavy atom. The molecule has 0 unspecified atom stereocenters. The number of aromatic amines is 1. The predicted octanol–water partition coefficient (Wildman–Crippen LogP) is 1.57. The van der Waals surface area contributed by atoms with E-state index in [0.717, 1.165) is 6.20 Å². The van der Waals surface area contributed by atoms with Crippen molar-refractivity contribution in [3.8, 4) is 0 Å². The van der Waals surface area contributed by atoms with Crippen LogP contribution in [0.4, 0.5) is 5.82 Å². The second-order valence-corrected chi connectivity index (χ2v) is 2.28. The lowest BCUT2D eigenvalue weighted by atomic mass is 10.5. The molecule has 6 heteroatoms. The second kappa shape index (κ2) is 3.87. The van der Waals surface area contributed by atoms with Crippen molar-refractivity contribution in [3.63, 3.8) is 0 Å². The van der Waals surface area contributed by atoms with Crippen LogP contribution >= 0.6 is 11.6 Å². The highest BCUT2D eigenvalue weighted by molar-refractivity contribution is 6.19. The molecular weight excluding hydrogens is 182 g/mol. The minimum atomic E-state index is -0.537. The Bertz CT molecular complexity index is 307. The van der Waals surface area contributed by atoms with E-state index in [2.05, 4.69) is 9.97 Å². The van der Waals surface area contributed by atoms with E-state index in [1.807, 2.05) is 0 Å². The van der Waals surface area contributed by atoms with Gasteiger partial charge in [0.2, 0.25) is 5.82 Å². The molecule has 0 radical (unpaired) electrons. The number of alkyl halides is 1.